The molecule has 1 aromatic rings. The first-order valence-corrected chi connectivity index (χ1v) is 11.6. The summed E-state index contributed by atoms with van der Waals surface area (Å²) in [6, 6.07) is 5.14. The number of hydrogen-bond acceptors (Lipinski definition) is 7. The average molecular weight is 426 g/mol. The van der Waals surface area contributed by atoms with Crippen molar-refractivity contribution in [3.8, 4) is 5.75 Å². The topological polar surface area (TPSA) is 114 Å². The number of nitrogens with zero attached hydrogens (tertiary/aromatic N) is 1. The third-order valence-corrected chi connectivity index (χ3v) is 6.18. The number of anilines is 1. The van der Waals surface area contributed by atoms with Crippen molar-refractivity contribution in [1.29, 1.82) is 0 Å². The largest absolute Gasteiger partial charge is 0.487 e. The molecule has 0 bridgehead atoms. The first-order chi connectivity index (χ1) is 13.8. The highest BCUT2D eigenvalue weighted by Crippen LogP contribution is 2.47. The zero-order valence-corrected chi connectivity index (χ0v) is 17.1. The van der Waals surface area contributed by atoms with Crippen molar-refractivity contribution in [1.82, 2.24) is 4.90 Å². The SMILES string of the molecule is CS(=O)(=O)Nc1ccc2c(c1)[C@H]1C[C@@H](CC(=O)N3CCOCC3)O[C@@H](CO)[C@H]1O2. The first-order valence-electron chi connectivity index (χ1n) is 9.74. The van der Waals surface area contributed by atoms with E-state index < -0.39 is 16.1 Å². The maximum Gasteiger partial charge on any atom is 0.229 e. The molecule has 0 unspecified atom stereocenters. The molecule has 3 heterocycles. The van der Waals surface area contributed by atoms with Crippen molar-refractivity contribution in [2.24, 2.45) is 0 Å². The van der Waals surface area contributed by atoms with E-state index in [0.717, 1.165) is 11.8 Å². The van der Waals surface area contributed by atoms with Crippen LogP contribution < -0.4 is 9.46 Å². The lowest BCUT2D eigenvalue weighted by Gasteiger charge is -2.38. The van der Waals surface area contributed by atoms with Gasteiger partial charge >= 0.3 is 0 Å². The maximum absolute atomic E-state index is 12.6. The molecule has 4 rings (SSSR count). The van der Waals surface area contributed by atoms with Crippen LogP contribution in [0, 0.1) is 0 Å². The summed E-state index contributed by atoms with van der Waals surface area (Å²) in [5, 5.41) is 9.82. The number of benzene rings is 1. The third-order valence-electron chi connectivity index (χ3n) is 5.57. The predicted molar refractivity (Wildman–Crippen MR) is 104 cm³/mol. The Morgan fingerprint density at radius 1 is 1.31 bits per heavy atom. The molecule has 2 saturated heterocycles. The molecule has 29 heavy (non-hydrogen) atoms. The number of fused-ring (bicyclic) bond motifs is 3. The number of aliphatic hydroxyl groups is 1. The number of morpholine rings is 1. The zero-order chi connectivity index (χ0) is 20.6. The Bertz CT molecular complexity index is 869. The highest BCUT2D eigenvalue weighted by molar-refractivity contribution is 7.92. The fourth-order valence-electron chi connectivity index (χ4n) is 4.30. The van der Waals surface area contributed by atoms with Gasteiger partial charge in [0.15, 0.2) is 0 Å². The molecule has 1 amide bonds. The van der Waals surface area contributed by atoms with Crippen LogP contribution in [0.4, 0.5) is 5.69 Å². The third kappa shape index (κ3) is 4.50. The molecule has 0 aromatic heterocycles. The zero-order valence-electron chi connectivity index (χ0n) is 16.2. The summed E-state index contributed by atoms with van der Waals surface area (Å²) >= 11 is 0. The van der Waals surface area contributed by atoms with Gasteiger partial charge in [-0.2, -0.15) is 0 Å². The Morgan fingerprint density at radius 2 is 2.07 bits per heavy atom. The van der Waals surface area contributed by atoms with Crippen molar-refractivity contribution in [3.63, 3.8) is 0 Å². The number of nitrogens with one attached hydrogen (secondary N) is 1. The van der Waals surface area contributed by atoms with Crippen molar-refractivity contribution in [3.05, 3.63) is 23.8 Å². The van der Waals surface area contributed by atoms with Crippen LogP contribution in [0.15, 0.2) is 18.2 Å². The number of ether oxygens (including phenoxy) is 3. The second kappa shape index (κ2) is 8.10. The summed E-state index contributed by atoms with van der Waals surface area (Å²) in [5.74, 6) is 0.584. The van der Waals surface area contributed by atoms with Gasteiger partial charge in [-0.3, -0.25) is 9.52 Å². The van der Waals surface area contributed by atoms with Crippen LogP contribution in [-0.2, 0) is 24.3 Å². The van der Waals surface area contributed by atoms with E-state index in [1.807, 2.05) is 0 Å². The first kappa shape index (κ1) is 20.4. The molecule has 160 valence electrons. The van der Waals surface area contributed by atoms with Crippen LogP contribution in [0.1, 0.15) is 24.3 Å². The van der Waals surface area contributed by atoms with Crippen molar-refractivity contribution in [2.75, 3.05) is 43.9 Å². The summed E-state index contributed by atoms with van der Waals surface area (Å²) in [6.45, 7) is 2.02. The smallest absolute Gasteiger partial charge is 0.229 e. The maximum atomic E-state index is 12.6. The standard InChI is InChI=1S/C19H26N2O7S/c1-29(24,25)20-12-2-3-16-14(8-12)15-9-13(27-17(11-22)19(15)28-16)10-18(23)21-4-6-26-7-5-21/h2-3,8,13,15,17,19-20,22H,4-7,9-11H2,1H3/t13-,15+,17-,19-/m0/s1. The van der Waals surface area contributed by atoms with Crippen LogP contribution in [0.25, 0.3) is 0 Å². The van der Waals surface area contributed by atoms with Gasteiger partial charge < -0.3 is 24.2 Å². The number of carbonyl (C=O) groups is 1. The molecule has 10 heteroatoms. The Hall–Kier alpha value is -1.88. The molecule has 4 atom stereocenters. The second-order valence-corrected chi connectivity index (χ2v) is 9.48. The molecular weight excluding hydrogens is 400 g/mol. The van der Waals surface area contributed by atoms with Gasteiger partial charge in [-0.25, -0.2) is 8.42 Å². The predicted octanol–water partition coefficient (Wildman–Crippen LogP) is 0.301. The normalized spacial score (nSPS) is 29.0. The minimum atomic E-state index is -3.39. The van der Waals surface area contributed by atoms with Crippen LogP contribution in [-0.4, -0.2) is 81.8 Å². The fourth-order valence-corrected chi connectivity index (χ4v) is 4.86. The molecule has 3 aliphatic heterocycles. The van der Waals surface area contributed by atoms with Gasteiger partial charge in [0, 0.05) is 30.3 Å². The summed E-state index contributed by atoms with van der Waals surface area (Å²) in [5.41, 5.74) is 1.33. The molecule has 9 nitrogen and oxygen atoms in total. The molecule has 2 fully saturated rings. The minimum absolute atomic E-state index is 0.0140. The van der Waals surface area contributed by atoms with E-state index in [2.05, 4.69) is 4.72 Å². The number of carbonyl (C=O) groups excluding carboxylic acids is 1. The molecule has 2 N–H and O–H groups in total. The van der Waals surface area contributed by atoms with Crippen molar-refractivity contribution < 1.29 is 32.5 Å². The van der Waals surface area contributed by atoms with E-state index in [1.54, 1.807) is 23.1 Å². The lowest BCUT2D eigenvalue weighted by Crippen LogP contribution is -2.48. The number of rotatable bonds is 5. The van der Waals surface area contributed by atoms with Crippen LogP contribution in [0.3, 0.4) is 0 Å². The van der Waals surface area contributed by atoms with Gasteiger partial charge in [-0.15, -0.1) is 0 Å². The van der Waals surface area contributed by atoms with Gasteiger partial charge in [0.2, 0.25) is 15.9 Å². The average Bonchev–Trinajstić information content (AvgIpc) is 3.05. The van der Waals surface area contributed by atoms with E-state index in [9.17, 15) is 18.3 Å². The second-order valence-electron chi connectivity index (χ2n) is 7.73. The number of amides is 1. The van der Waals surface area contributed by atoms with Gasteiger partial charge in [0.25, 0.3) is 0 Å². The monoisotopic (exact) mass is 426 g/mol. The summed E-state index contributed by atoms with van der Waals surface area (Å²) in [4.78, 5) is 14.4. The molecule has 0 saturated carbocycles. The van der Waals surface area contributed by atoms with E-state index in [4.69, 9.17) is 14.2 Å². The van der Waals surface area contributed by atoms with Crippen LogP contribution in [0.2, 0.25) is 0 Å². The molecule has 3 aliphatic rings. The minimum Gasteiger partial charge on any atom is -0.487 e. The van der Waals surface area contributed by atoms with Crippen molar-refractivity contribution >= 4 is 21.6 Å². The summed E-state index contributed by atoms with van der Waals surface area (Å²) < 4.78 is 42.9. The highest BCUT2D eigenvalue weighted by Gasteiger charge is 2.46. The fraction of sp³-hybridized carbons (Fsp3) is 0.632. The van der Waals surface area contributed by atoms with E-state index in [1.165, 1.54) is 0 Å². The van der Waals surface area contributed by atoms with E-state index in [-0.39, 0.29) is 37.1 Å². The summed E-state index contributed by atoms with van der Waals surface area (Å²) in [7, 11) is -3.39. The quantitative estimate of drug-likeness (QED) is 0.696. The van der Waals surface area contributed by atoms with Gasteiger partial charge in [0.1, 0.15) is 18.0 Å². The molecule has 0 aliphatic carbocycles. The lowest BCUT2D eigenvalue weighted by molar-refractivity contribution is -0.151. The Balaban J connectivity index is 1.51. The van der Waals surface area contributed by atoms with Crippen LogP contribution >= 0.6 is 0 Å². The molecule has 1 aromatic carbocycles. The lowest BCUT2D eigenvalue weighted by atomic mass is 9.84. The number of hydrogen-bond donors (Lipinski definition) is 2. The van der Waals surface area contributed by atoms with Gasteiger partial charge in [0.05, 0.1) is 38.6 Å². The van der Waals surface area contributed by atoms with E-state index >= 15 is 0 Å². The van der Waals surface area contributed by atoms with Crippen molar-refractivity contribution in [2.45, 2.75) is 37.1 Å². The number of aliphatic hydroxyl groups excluding tert-OH is 1. The highest BCUT2D eigenvalue weighted by atomic mass is 32.2. The summed E-state index contributed by atoms with van der Waals surface area (Å²) in [6.07, 6.45) is 0.643. The Morgan fingerprint density at radius 3 is 2.76 bits per heavy atom. The molecule has 0 spiro atoms. The number of sulfonamides is 1. The molecule has 0 radical (unpaired) electrons. The Labute approximate surface area is 170 Å². The molecular formula is C19H26N2O7S. The van der Waals surface area contributed by atoms with E-state index in [0.29, 0.717) is 44.2 Å². The van der Waals surface area contributed by atoms with Gasteiger partial charge in [-0.1, -0.05) is 0 Å². The van der Waals surface area contributed by atoms with Gasteiger partial charge in [-0.05, 0) is 24.6 Å². The van der Waals surface area contributed by atoms with Crippen LogP contribution in [0.5, 0.6) is 5.75 Å². The Kier molecular flexibility index (Phi) is 5.69.